The highest BCUT2D eigenvalue weighted by atomic mass is 32.1. The fraction of sp³-hybridized carbons (Fsp3) is 1.00. The maximum absolute atomic E-state index is 5.58. The third-order valence-electron chi connectivity index (χ3n) is 3.57. The van der Waals surface area contributed by atoms with Gasteiger partial charge in [0.2, 0.25) is 0 Å². The van der Waals surface area contributed by atoms with Crippen LogP contribution in [-0.2, 0) is 0 Å². The molecule has 0 aromatic rings. The van der Waals surface area contributed by atoms with Crippen molar-refractivity contribution in [1.29, 1.82) is 0 Å². The lowest BCUT2D eigenvalue weighted by Gasteiger charge is -2.15. The molecule has 0 radical (unpaired) electrons. The van der Waals surface area contributed by atoms with Gasteiger partial charge in [-0.05, 0) is 36.0 Å². The van der Waals surface area contributed by atoms with E-state index in [4.69, 9.17) is 5.73 Å². The van der Waals surface area contributed by atoms with Gasteiger partial charge in [-0.3, -0.25) is 0 Å². The molecule has 0 aliphatic heterocycles. The Morgan fingerprint density at radius 3 is 2.75 bits per heavy atom. The number of rotatable bonds is 5. The maximum Gasteiger partial charge on any atom is 0.0159 e. The zero-order valence-electron chi connectivity index (χ0n) is 7.59. The molecule has 2 rings (SSSR count). The highest BCUT2D eigenvalue weighted by molar-refractivity contribution is 7.80. The molecule has 0 aromatic heterocycles. The Bertz CT molecular complexity index is 179. The molecule has 12 heavy (non-hydrogen) atoms. The average molecular weight is 186 g/mol. The van der Waals surface area contributed by atoms with Crippen molar-refractivity contribution in [2.75, 3.05) is 18.8 Å². The molecule has 0 spiro atoms. The summed E-state index contributed by atoms with van der Waals surface area (Å²) in [6.45, 7) is 4.18. The lowest BCUT2D eigenvalue weighted by Crippen LogP contribution is -2.34. The van der Waals surface area contributed by atoms with Crippen molar-refractivity contribution in [3.63, 3.8) is 0 Å². The van der Waals surface area contributed by atoms with E-state index in [0.717, 1.165) is 30.8 Å². The number of fused-ring (bicyclic) bond motifs is 1. The third-order valence-corrected chi connectivity index (χ3v) is 4.08. The maximum atomic E-state index is 5.58. The van der Waals surface area contributed by atoms with Gasteiger partial charge in [-0.25, -0.2) is 0 Å². The van der Waals surface area contributed by atoms with Crippen molar-refractivity contribution in [2.24, 2.45) is 23.0 Å². The topological polar surface area (TPSA) is 38.0 Å². The molecule has 2 saturated carbocycles. The number of nitrogens with one attached hydrogen (secondary N) is 1. The molecule has 0 bridgehead atoms. The van der Waals surface area contributed by atoms with Crippen LogP contribution in [0.25, 0.3) is 0 Å². The molecule has 2 aliphatic carbocycles. The van der Waals surface area contributed by atoms with E-state index in [1.165, 1.54) is 6.42 Å². The molecule has 0 heterocycles. The van der Waals surface area contributed by atoms with Crippen LogP contribution in [0.3, 0.4) is 0 Å². The average Bonchev–Trinajstić information content (AvgIpc) is 2.87. The highest BCUT2D eigenvalue weighted by Crippen LogP contribution is 2.74. The van der Waals surface area contributed by atoms with Gasteiger partial charge in [-0.15, -0.1) is 0 Å². The quantitative estimate of drug-likeness (QED) is 0.547. The first-order chi connectivity index (χ1) is 5.72. The van der Waals surface area contributed by atoms with Crippen LogP contribution in [0.4, 0.5) is 0 Å². The molecule has 4 atom stereocenters. The Labute approximate surface area is 79.7 Å². The summed E-state index contributed by atoms with van der Waals surface area (Å²) in [5, 5.41) is 3.57. The summed E-state index contributed by atoms with van der Waals surface area (Å²) in [6.07, 6.45) is 1.44. The van der Waals surface area contributed by atoms with Crippen LogP contribution in [0.2, 0.25) is 0 Å². The molecule has 2 aliphatic rings. The first kappa shape index (κ1) is 8.85. The smallest absolute Gasteiger partial charge is 0.0159 e. The van der Waals surface area contributed by atoms with E-state index < -0.39 is 0 Å². The van der Waals surface area contributed by atoms with Gasteiger partial charge in [0.1, 0.15) is 0 Å². The Kier molecular flexibility index (Phi) is 2.13. The lowest BCUT2D eigenvalue weighted by molar-refractivity contribution is 0.453. The van der Waals surface area contributed by atoms with E-state index in [0.29, 0.717) is 11.3 Å². The summed E-state index contributed by atoms with van der Waals surface area (Å²) in [7, 11) is 0. The molecule has 0 amide bonds. The van der Waals surface area contributed by atoms with Crippen molar-refractivity contribution >= 4 is 12.6 Å². The van der Waals surface area contributed by atoms with Gasteiger partial charge >= 0.3 is 0 Å². The zero-order chi connectivity index (χ0) is 8.77. The standard InChI is InChI=1S/C9H18N2S/c1-9-2-7(9)8(9)11-4-6(3-10)5-12/h6-8,11-12H,2-5,10H2,1H3/t6-,7+,8-,9-/m0/s1. The summed E-state index contributed by atoms with van der Waals surface area (Å²) in [5.41, 5.74) is 6.27. The lowest BCUT2D eigenvalue weighted by atomic mass is 10.1. The third kappa shape index (κ3) is 1.28. The monoisotopic (exact) mass is 186 g/mol. The van der Waals surface area contributed by atoms with E-state index in [9.17, 15) is 0 Å². The molecule has 0 unspecified atom stereocenters. The number of nitrogens with two attached hydrogens (primary N) is 1. The van der Waals surface area contributed by atoms with E-state index >= 15 is 0 Å². The van der Waals surface area contributed by atoms with Crippen LogP contribution < -0.4 is 11.1 Å². The second-order valence-corrected chi connectivity index (χ2v) is 4.85. The molecule has 0 aromatic carbocycles. The van der Waals surface area contributed by atoms with E-state index in [2.05, 4.69) is 24.9 Å². The molecule has 70 valence electrons. The zero-order valence-corrected chi connectivity index (χ0v) is 8.48. The second kappa shape index (κ2) is 2.89. The Balaban J connectivity index is 1.63. The van der Waals surface area contributed by atoms with Crippen LogP contribution in [0, 0.1) is 17.3 Å². The van der Waals surface area contributed by atoms with Gasteiger partial charge in [0, 0.05) is 12.6 Å². The van der Waals surface area contributed by atoms with Crippen LogP contribution >= 0.6 is 12.6 Å². The fourth-order valence-electron chi connectivity index (χ4n) is 2.05. The van der Waals surface area contributed by atoms with Crippen LogP contribution in [0.15, 0.2) is 0 Å². The minimum absolute atomic E-state index is 0.553. The first-order valence-electron chi connectivity index (χ1n) is 4.76. The molecule has 3 heteroatoms. The van der Waals surface area contributed by atoms with Crippen molar-refractivity contribution in [2.45, 2.75) is 19.4 Å². The molecular weight excluding hydrogens is 168 g/mol. The van der Waals surface area contributed by atoms with Gasteiger partial charge < -0.3 is 11.1 Å². The van der Waals surface area contributed by atoms with Crippen LogP contribution in [0.5, 0.6) is 0 Å². The first-order valence-corrected chi connectivity index (χ1v) is 5.40. The molecule has 2 fully saturated rings. The number of hydrogen-bond donors (Lipinski definition) is 3. The summed E-state index contributed by atoms with van der Waals surface area (Å²) in [6, 6.07) is 0.812. The minimum Gasteiger partial charge on any atom is -0.330 e. The second-order valence-electron chi connectivity index (χ2n) is 4.49. The summed E-state index contributed by atoms with van der Waals surface area (Å²) in [5.74, 6) is 2.45. The predicted molar refractivity (Wildman–Crippen MR) is 54.4 cm³/mol. The number of thiol groups is 1. The summed E-state index contributed by atoms with van der Waals surface area (Å²) in [4.78, 5) is 0. The SMILES string of the molecule is C[C@]12C[C@@H]1[C@@H]2NC[C@H](CN)CS. The van der Waals surface area contributed by atoms with Crippen LogP contribution in [0.1, 0.15) is 13.3 Å². The fourth-order valence-corrected chi connectivity index (χ4v) is 2.33. The van der Waals surface area contributed by atoms with Crippen molar-refractivity contribution in [3.8, 4) is 0 Å². The summed E-state index contributed by atoms with van der Waals surface area (Å²) < 4.78 is 0. The molecular formula is C9H18N2S. The van der Waals surface area contributed by atoms with Gasteiger partial charge in [-0.2, -0.15) is 12.6 Å². The predicted octanol–water partition coefficient (Wildman–Crippen LogP) is 0.489. The highest BCUT2D eigenvalue weighted by Gasteiger charge is 2.75. The molecule has 3 N–H and O–H groups in total. The van der Waals surface area contributed by atoms with Crippen LogP contribution in [-0.4, -0.2) is 24.9 Å². The minimum atomic E-state index is 0.553. The molecule has 0 saturated heterocycles. The van der Waals surface area contributed by atoms with E-state index in [1.807, 2.05) is 0 Å². The largest absolute Gasteiger partial charge is 0.330 e. The van der Waals surface area contributed by atoms with E-state index in [1.54, 1.807) is 0 Å². The van der Waals surface area contributed by atoms with Gasteiger partial charge in [0.05, 0.1) is 0 Å². The van der Waals surface area contributed by atoms with Gasteiger partial charge in [0.25, 0.3) is 0 Å². The summed E-state index contributed by atoms with van der Waals surface area (Å²) >= 11 is 4.25. The van der Waals surface area contributed by atoms with Crippen molar-refractivity contribution in [3.05, 3.63) is 0 Å². The van der Waals surface area contributed by atoms with Gasteiger partial charge in [0.15, 0.2) is 0 Å². The Morgan fingerprint density at radius 2 is 2.42 bits per heavy atom. The molecule has 2 nitrogen and oxygen atoms in total. The van der Waals surface area contributed by atoms with Crippen molar-refractivity contribution in [1.82, 2.24) is 5.32 Å². The Hall–Kier alpha value is 0.270. The normalized spacial score (nSPS) is 45.2. The van der Waals surface area contributed by atoms with Gasteiger partial charge in [-0.1, -0.05) is 6.92 Å². The van der Waals surface area contributed by atoms with Crippen molar-refractivity contribution < 1.29 is 0 Å². The number of hydrogen-bond acceptors (Lipinski definition) is 3. The Morgan fingerprint density at radius 1 is 1.75 bits per heavy atom. The van der Waals surface area contributed by atoms with E-state index in [-0.39, 0.29) is 0 Å².